The van der Waals surface area contributed by atoms with Gasteiger partial charge >= 0.3 is 5.97 Å². The van der Waals surface area contributed by atoms with E-state index in [-0.39, 0.29) is 12.5 Å². The van der Waals surface area contributed by atoms with Gasteiger partial charge in [0.25, 0.3) is 0 Å². The Morgan fingerprint density at radius 3 is 2.47 bits per heavy atom. The molecule has 0 aliphatic rings. The molecule has 1 rings (SSSR count). The lowest BCUT2D eigenvalue weighted by atomic mass is 10.1. The molecule has 17 heavy (non-hydrogen) atoms. The number of ether oxygens (including phenoxy) is 1. The van der Waals surface area contributed by atoms with E-state index in [1.807, 2.05) is 0 Å². The van der Waals surface area contributed by atoms with Gasteiger partial charge in [-0.3, -0.25) is 0 Å². The van der Waals surface area contributed by atoms with Gasteiger partial charge in [-0.1, -0.05) is 29.3 Å². The van der Waals surface area contributed by atoms with Crippen molar-refractivity contribution in [3.05, 3.63) is 33.8 Å². The molecule has 0 radical (unpaired) electrons. The van der Waals surface area contributed by atoms with Crippen LogP contribution in [-0.2, 0) is 16.0 Å². The standard InChI is InChI=1S/C12H14Cl2O3/c1-7(2)17-11(12(15)16)6-8-3-4-9(13)10(14)5-8/h3-5,7,11H,6H2,1-2H3,(H,15,16). The van der Waals surface area contributed by atoms with Crippen LogP contribution < -0.4 is 0 Å². The van der Waals surface area contributed by atoms with Crippen LogP contribution in [0.3, 0.4) is 0 Å². The second-order valence-corrected chi connectivity index (χ2v) is 4.78. The van der Waals surface area contributed by atoms with Gasteiger partial charge in [0.1, 0.15) is 0 Å². The van der Waals surface area contributed by atoms with E-state index in [1.165, 1.54) is 0 Å². The minimum Gasteiger partial charge on any atom is -0.479 e. The topological polar surface area (TPSA) is 46.5 Å². The van der Waals surface area contributed by atoms with Crippen LogP contribution in [0.2, 0.25) is 10.0 Å². The monoisotopic (exact) mass is 276 g/mol. The Morgan fingerprint density at radius 2 is 2.00 bits per heavy atom. The Hall–Kier alpha value is -0.770. The molecule has 1 aromatic rings. The van der Waals surface area contributed by atoms with E-state index in [0.29, 0.717) is 10.0 Å². The zero-order chi connectivity index (χ0) is 13.0. The fourth-order valence-corrected chi connectivity index (χ4v) is 1.72. The highest BCUT2D eigenvalue weighted by molar-refractivity contribution is 6.42. The Labute approximate surface area is 110 Å². The molecule has 0 aromatic heterocycles. The first-order chi connectivity index (χ1) is 7.90. The number of carboxylic acids is 1. The first-order valence-electron chi connectivity index (χ1n) is 5.22. The zero-order valence-electron chi connectivity index (χ0n) is 9.61. The lowest BCUT2D eigenvalue weighted by Crippen LogP contribution is -2.29. The number of benzene rings is 1. The SMILES string of the molecule is CC(C)OC(Cc1ccc(Cl)c(Cl)c1)C(=O)O. The average Bonchev–Trinajstić information content (AvgIpc) is 2.21. The maximum absolute atomic E-state index is 11.0. The van der Waals surface area contributed by atoms with Crippen molar-refractivity contribution in [1.82, 2.24) is 0 Å². The number of rotatable bonds is 5. The summed E-state index contributed by atoms with van der Waals surface area (Å²) in [5, 5.41) is 9.89. The highest BCUT2D eigenvalue weighted by Crippen LogP contribution is 2.23. The quantitative estimate of drug-likeness (QED) is 0.897. The summed E-state index contributed by atoms with van der Waals surface area (Å²) >= 11 is 11.6. The molecule has 1 atom stereocenters. The number of carboxylic acid groups (broad SMARTS) is 1. The van der Waals surface area contributed by atoms with Gasteiger partial charge in [-0.05, 0) is 31.5 Å². The van der Waals surface area contributed by atoms with E-state index in [1.54, 1.807) is 32.0 Å². The predicted octanol–water partition coefficient (Wildman–Crippen LogP) is 3.41. The Bertz CT molecular complexity index is 405. The molecule has 3 nitrogen and oxygen atoms in total. The normalized spacial score (nSPS) is 12.8. The van der Waals surface area contributed by atoms with Gasteiger partial charge in [-0.15, -0.1) is 0 Å². The second kappa shape index (κ2) is 6.24. The number of hydrogen-bond donors (Lipinski definition) is 1. The van der Waals surface area contributed by atoms with E-state index in [2.05, 4.69) is 0 Å². The number of carbonyl (C=O) groups is 1. The van der Waals surface area contributed by atoms with Crippen LogP contribution in [-0.4, -0.2) is 23.3 Å². The first kappa shape index (κ1) is 14.3. The molecule has 1 unspecified atom stereocenters. The van der Waals surface area contributed by atoms with Gasteiger partial charge in [0, 0.05) is 6.42 Å². The second-order valence-electron chi connectivity index (χ2n) is 3.96. The van der Waals surface area contributed by atoms with Crippen molar-refractivity contribution in [2.24, 2.45) is 0 Å². The molecule has 5 heteroatoms. The van der Waals surface area contributed by atoms with Crippen molar-refractivity contribution >= 4 is 29.2 Å². The summed E-state index contributed by atoms with van der Waals surface area (Å²) in [5.74, 6) is -0.982. The minimum atomic E-state index is -0.982. The first-order valence-corrected chi connectivity index (χ1v) is 5.98. The molecule has 0 fully saturated rings. The summed E-state index contributed by atoms with van der Waals surface area (Å²) in [5.41, 5.74) is 0.785. The van der Waals surface area contributed by atoms with Crippen molar-refractivity contribution < 1.29 is 14.6 Å². The van der Waals surface area contributed by atoms with Gasteiger partial charge in [0.15, 0.2) is 6.10 Å². The summed E-state index contributed by atoms with van der Waals surface area (Å²) in [7, 11) is 0. The molecule has 0 saturated carbocycles. The molecule has 0 heterocycles. The van der Waals surface area contributed by atoms with Crippen LogP contribution >= 0.6 is 23.2 Å². The maximum Gasteiger partial charge on any atom is 0.333 e. The smallest absolute Gasteiger partial charge is 0.333 e. The molecule has 0 saturated heterocycles. The summed E-state index contributed by atoms with van der Waals surface area (Å²) in [6.45, 7) is 3.59. The third kappa shape index (κ3) is 4.54. The van der Waals surface area contributed by atoms with E-state index in [4.69, 9.17) is 33.0 Å². The fourth-order valence-electron chi connectivity index (χ4n) is 1.40. The molecular formula is C12H14Cl2O3. The van der Waals surface area contributed by atoms with Crippen molar-refractivity contribution in [2.45, 2.75) is 32.5 Å². The Morgan fingerprint density at radius 1 is 1.35 bits per heavy atom. The van der Waals surface area contributed by atoms with Crippen LogP contribution in [0.5, 0.6) is 0 Å². The average molecular weight is 277 g/mol. The van der Waals surface area contributed by atoms with Crippen molar-refractivity contribution in [3.8, 4) is 0 Å². The summed E-state index contributed by atoms with van der Waals surface area (Å²) in [6, 6.07) is 5.05. The van der Waals surface area contributed by atoms with Gasteiger partial charge in [-0.2, -0.15) is 0 Å². The lowest BCUT2D eigenvalue weighted by Gasteiger charge is -2.16. The lowest BCUT2D eigenvalue weighted by molar-refractivity contribution is -0.153. The number of aliphatic carboxylic acids is 1. The van der Waals surface area contributed by atoms with Crippen LogP contribution in [0, 0.1) is 0 Å². The molecule has 94 valence electrons. The van der Waals surface area contributed by atoms with Crippen molar-refractivity contribution in [1.29, 1.82) is 0 Å². The molecule has 0 aliphatic carbocycles. The van der Waals surface area contributed by atoms with E-state index in [9.17, 15) is 4.79 Å². The number of halogens is 2. The molecule has 0 spiro atoms. The Kier molecular flexibility index (Phi) is 5.25. The largest absolute Gasteiger partial charge is 0.479 e. The molecular weight excluding hydrogens is 263 g/mol. The molecule has 1 aromatic carbocycles. The minimum absolute atomic E-state index is 0.140. The summed E-state index contributed by atoms with van der Waals surface area (Å²) in [4.78, 5) is 11.0. The maximum atomic E-state index is 11.0. The van der Waals surface area contributed by atoms with Crippen molar-refractivity contribution in [3.63, 3.8) is 0 Å². The van der Waals surface area contributed by atoms with Gasteiger partial charge < -0.3 is 9.84 Å². The summed E-state index contributed by atoms with van der Waals surface area (Å²) < 4.78 is 5.31. The van der Waals surface area contributed by atoms with Gasteiger partial charge in [0.05, 0.1) is 16.1 Å². The van der Waals surface area contributed by atoms with Gasteiger partial charge in [-0.25, -0.2) is 4.79 Å². The van der Waals surface area contributed by atoms with E-state index < -0.39 is 12.1 Å². The zero-order valence-corrected chi connectivity index (χ0v) is 11.1. The van der Waals surface area contributed by atoms with Gasteiger partial charge in [0.2, 0.25) is 0 Å². The van der Waals surface area contributed by atoms with Crippen LogP contribution in [0.25, 0.3) is 0 Å². The molecule has 0 bridgehead atoms. The molecule has 0 amide bonds. The third-order valence-electron chi connectivity index (χ3n) is 2.12. The van der Waals surface area contributed by atoms with E-state index in [0.717, 1.165) is 5.56 Å². The fraction of sp³-hybridized carbons (Fsp3) is 0.417. The van der Waals surface area contributed by atoms with Crippen LogP contribution in [0.4, 0.5) is 0 Å². The summed E-state index contributed by atoms with van der Waals surface area (Å²) in [6.07, 6.45) is -0.740. The van der Waals surface area contributed by atoms with Crippen LogP contribution in [0.1, 0.15) is 19.4 Å². The van der Waals surface area contributed by atoms with E-state index >= 15 is 0 Å². The van der Waals surface area contributed by atoms with Crippen molar-refractivity contribution in [2.75, 3.05) is 0 Å². The highest BCUT2D eigenvalue weighted by atomic mass is 35.5. The van der Waals surface area contributed by atoms with Crippen LogP contribution in [0.15, 0.2) is 18.2 Å². The third-order valence-corrected chi connectivity index (χ3v) is 2.86. The molecule has 1 N–H and O–H groups in total. The molecule has 0 aliphatic heterocycles. The highest BCUT2D eigenvalue weighted by Gasteiger charge is 2.20. The number of hydrogen-bond acceptors (Lipinski definition) is 2. The Balaban J connectivity index is 2.78. The predicted molar refractivity (Wildman–Crippen MR) is 67.8 cm³/mol.